The highest BCUT2D eigenvalue weighted by atomic mass is 79.9. The van der Waals surface area contributed by atoms with Crippen molar-refractivity contribution in [2.45, 2.75) is 24.0 Å². The van der Waals surface area contributed by atoms with Gasteiger partial charge in [0.05, 0.1) is 15.1 Å². The predicted molar refractivity (Wildman–Crippen MR) is 72.9 cm³/mol. The topological polar surface area (TPSA) is 77.3 Å². The van der Waals surface area contributed by atoms with E-state index in [0.29, 0.717) is 5.56 Å². The lowest BCUT2D eigenvalue weighted by molar-refractivity contribution is -0.385. The summed E-state index contributed by atoms with van der Waals surface area (Å²) >= 11 is 8.61. The summed E-state index contributed by atoms with van der Waals surface area (Å²) in [4.78, 5) is 10.2. The minimum atomic E-state index is -3.59. The van der Waals surface area contributed by atoms with E-state index < -0.39 is 20.0 Å². The van der Waals surface area contributed by atoms with Crippen LogP contribution in [0.5, 0.6) is 0 Å². The van der Waals surface area contributed by atoms with Crippen molar-refractivity contribution in [1.29, 1.82) is 0 Å². The molecule has 0 spiro atoms. The third kappa shape index (κ3) is 2.84. The highest BCUT2D eigenvalue weighted by Crippen LogP contribution is 2.32. The van der Waals surface area contributed by atoms with E-state index in [1.54, 1.807) is 0 Å². The zero-order chi connectivity index (χ0) is 14.1. The number of benzene rings is 1. The summed E-state index contributed by atoms with van der Waals surface area (Å²) in [6.07, 6.45) is 0. The molecule has 8 heteroatoms. The largest absolute Gasteiger partial charge is 0.273 e. The number of aryl methyl sites for hydroxylation is 1. The van der Waals surface area contributed by atoms with Gasteiger partial charge in [0, 0.05) is 22.0 Å². The summed E-state index contributed by atoms with van der Waals surface area (Å²) in [5, 5.41) is 9.99. The van der Waals surface area contributed by atoms with Gasteiger partial charge >= 0.3 is 0 Å². The van der Waals surface area contributed by atoms with Gasteiger partial charge in [0.2, 0.25) is 0 Å². The van der Waals surface area contributed by atoms with E-state index in [2.05, 4.69) is 15.9 Å². The Morgan fingerprint density at radius 2 is 2.06 bits per heavy atom. The number of nitrogens with zero attached hydrogens (tertiary/aromatic N) is 1. The summed E-state index contributed by atoms with van der Waals surface area (Å²) in [5.41, 5.74) is 0.169. The third-order valence-corrected chi connectivity index (χ3v) is 6.24. The van der Waals surface area contributed by atoms with Crippen LogP contribution in [-0.2, 0) is 9.84 Å². The molecule has 5 nitrogen and oxygen atoms in total. The standard InChI is InChI=1S/C10H11BrClNO4S/c1-6-3-10(18(16,17)7(2)5-12)8(11)4-9(6)13(14)15/h3-4,7H,5H2,1-2H3. The highest BCUT2D eigenvalue weighted by Gasteiger charge is 2.27. The molecule has 0 aromatic heterocycles. The van der Waals surface area contributed by atoms with Gasteiger partial charge in [-0.3, -0.25) is 10.1 Å². The fraction of sp³-hybridized carbons (Fsp3) is 0.400. The van der Waals surface area contributed by atoms with E-state index in [-0.39, 0.29) is 20.9 Å². The van der Waals surface area contributed by atoms with Gasteiger partial charge in [-0.1, -0.05) is 0 Å². The van der Waals surface area contributed by atoms with Crippen molar-refractivity contribution in [3.05, 3.63) is 32.3 Å². The van der Waals surface area contributed by atoms with Crippen molar-refractivity contribution in [3.8, 4) is 0 Å². The molecular formula is C10H11BrClNO4S. The third-order valence-electron chi connectivity index (χ3n) is 2.50. The maximum atomic E-state index is 12.1. The van der Waals surface area contributed by atoms with Crippen LogP contribution in [0.25, 0.3) is 0 Å². The lowest BCUT2D eigenvalue weighted by atomic mass is 10.2. The Labute approximate surface area is 118 Å². The van der Waals surface area contributed by atoms with Gasteiger partial charge in [-0.25, -0.2) is 8.42 Å². The minimum absolute atomic E-state index is 0.0266. The number of rotatable bonds is 4. The second-order valence-electron chi connectivity index (χ2n) is 3.84. The molecule has 0 bridgehead atoms. The summed E-state index contributed by atoms with van der Waals surface area (Å²) in [5.74, 6) is -0.0369. The summed E-state index contributed by atoms with van der Waals surface area (Å²) < 4.78 is 24.4. The lowest BCUT2D eigenvalue weighted by Crippen LogP contribution is -2.20. The number of halogens is 2. The molecule has 18 heavy (non-hydrogen) atoms. The Morgan fingerprint density at radius 3 is 2.50 bits per heavy atom. The molecule has 1 aromatic rings. The Morgan fingerprint density at radius 1 is 1.50 bits per heavy atom. The van der Waals surface area contributed by atoms with Crippen LogP contribution in [0.15, 0.2) is 21.5 Å². The monoisotopic (exact) mass is 355 g/mol. The molecule has 0 heterocycles. The van der Waals surface area contributed by atoms with Gasteiger partial charge < -0.3 is 0 Å². The van der Waals surface area contributed by atoms with E-state index in [0.717, 1.165) is 0 Å². The number of sulfone groups is 1. The van der Waals surface area contributed by atoms with Crippen LogP contribution in [0.1, 0.15) is 12.5 Å². The summed E-state index contributed by atoms with van der Waals surface area (Å²) in [6.45, 7) is 2.99. The summed E-state index contributed by atoms with van der Waals surface area (Å²) in [7, 11) is -3.59. The average molecular weight is 357 g/mol. The van der Waals surface area contributed by atoms with Gasteiger partial charge in [0.25, 0.3) is 5.69 Å². The first-order valence-electron chi connectivity index (χ1n) is 4.96. The SMILES string of the molecule is Cc1cc(S(=O)(=O)C(C)CCl)c(Br)cc1[N+](=O)[O-]. The fourth-order valence-corrected chi connectivity index (χ4v) is 4.14. The molecular weight excluding hydrogens is 346 g/mol. The van der Waals surface area contributed by atoms with E-state index >= 15 is 0 Å². The molecule has 100 valence electrons. The van der Waals surface area contributed by atoms with Crippen molar-refractivity contribution in [1.82, 2.24) is 0 Å². The molecule has 0 radical (unpaired) electrons. The quantitative estimate of drug-likeness (QED) is 0.472. The fourth-order valence-electron chi connectivity index (χ4n) is 1.36. The van der Waals surface area contributed by atoms with E-state index in [1.165, 1.54) is 26.0 Å². The van der Waals surface area contributed by atoms with Crippen LogP contribution >= 0.6 is 27.5 Å². The smallest absolute Gasteiger partial charge is 0.258 e. The molecule has 0 saturated heterocycles. The number of hydrogen-bond acceptors (Lipinski definition) is 4. The molecule has 0 aliphatic carbocycles. The van der Waals surface area contributed by atoms with Gasteiger partial charge in [-0.2, -0.15) is 0 Å². The average Bonchev–Trinajstić information content (AvgIpc) is 2.29. The highest BCUT2D eigenvalue weighted by molar-refractivity contribution is 9.10. The van der Waals surface area contributed by atoms with Gasteiger partial charge in [-0.15, -0.1) is 11.6 Å². The van der Waals surface area contributed by atoms with Crippen LogP contribution < -0.4 is 0 Å². The van der Waals surface area contributed by atoms with Gasteiger partial charge in [0.15, 0.2) is 9.84 Å². The zero-order valence-corrected chi connectivity index (χ0v) is 12.8. The van der Waals surface area contributed by atoms with Crippen molar-refractivity contribution in [3.63, 3.8) is 0 Å². The van der Waals surface area contributed by atoms with Crippen molar-refractivity contribution in [2.24, 2.45) is 0 Å². The molecule has 0 N–H and O–H groups in total. The Balaban J connectivity index is 3.46. The number of alkyl halides is 1. The maximum Gasteiger partial charge on any atom is 0.273 e. The van der Waals surface area contributed by atoms with E-state index in [1.807, 2.05) is 0 Å². The van der Waals surface area contributed by atoms with Crippen molar-refractivity contribution >= 4 is 43.1 Å². The molecule has 0 aliphatic rings. The first kappa shape index (κ1) is 15.4. The molecule has 1 atom stereocenters. The Hall–Kier alpha value is -0.660. The van der Waals surface area contributed by atoms with Crippen LogP contribution in [0.4, 0.5) is 5.69 Å². The van der Waals surface area contributed by atoms with E-state index in [9.17, 15) is 18.5 Å². The second-order valence-corrected chi connectivity index (χ2v) is 7.33. The Bertz CT molecular complexity index is 588. The molecule has 1 unspecified atom stereocenters. The van der Waals surface area contributed by atoms with Crippen LogP contribution in [0.3, 0.4) is 0 Å². The van der Waals surface area contributed by atoms with Crippen molar-refractivity contribution in [2.75, 3.05) is 5.88 Å². The van der Waals surface area contributed by atoms with Crippen LogP contribution in [0, 0.1) is 17.0 Å². The molecule has 0 fully saturated rings. The zero-order valence-electron chi connectivity index (χ0n) is 9.68. The molecule has 0 amide bonds. The minimum Gasteiger partial charge on any atom is -0.258 e. The van der Waals surface area contributed by atoms with Crippen LogP contribution in [0.2, 0.25) is 0 Å². The van der Waals surface area contributed by atoms with Crippen LogP contribution in [-0.4, -0.2) is 24.5 Å². The number of nitro groups is 1. The summed E-state index contributed by atoms with van der Waals surface area (Å²) in [6, 6.07) is 2.49. The molecule has 0 aliphatic heterocycles. The number of nitro benzene ring substituents is 1. The normalized spacial score (nSPS) is 13.3. The Kier molecular flexibility index (Phi) is 4.74. The number of hydrogen-bond donors (Lipinski definition) is 0. The lowest BCUT2D eigenvalue weighted by Gasteiger charge is -2.12. The molecule has 0 saturated carbocycles. The van der Waals surface area contributed by atoms with Gasteiger partial charge in [0.1, 0.15) is 0 Å². The first-order valence-corrected chi connectivity index (χ1v) is 7.83. The second kappa shape index (κ2) is 5.54. The van der Waals surface area contributed by atoms with Gasteiger partial charge in [-0.05, 0) is 35.8 Å². The van der Waals surface area contributed by atoms with Crippen molar-refractivity contribution < 1.29 is 13.3 Å². The maximum absolute atomic E-state index is 12.1. The molecule has 1 rings (SSSR count). The molecule has 1 aromatic carbocycles. The first-order chi connectivity index (χ1) is 8.21. The van der Waals surface area contributed by atoms with E-state index in [4.69, 9.17) is 11.6 Å². The predicted octanol–water partition coefficient (Wildman–Crippen LogP) is 3.07.